The molecule has 1 aromatic heterocycles. The second-order valence-corrected chi connectivity index (χ2v) is 5.08. The number of halogens is 1. The first-order valence-corrected chi connectivity index (χ1v) is 7.22. The molecule has 0 saturated heterocycles. The highest BCUT2D eigenvalue weighted by Gasteiger charge is 2.28. The third kappa shape index (κ3) is 2.87. The molecule has 0 fully saturated rings. The predicted octanol–water partition coefficient (Wildman–Crippen LogP) is 2.19. The van der Waals surface area contributed by atoms with Crippen LogP contribution < -0.4 is 19.1 Å². The Morgan fingerprint density at radius 1 is 1.26 bits per heavy atom. The zero-order valence-corrected chi connectivity index (χ0v) is 13.3. The van der Waals surface area contributed by atoms with Crippen LogP contribution in [-0.4, -0.2) is 43.2 Å². The van der Waals surface area contributed by atoms with Gasteiger partial charge in [0, 0.05) is 0 Å². The van der Waals surface area contributed by atoms with Gasteiger partial charge in [0.15, 0.2) is 5.75 Å². The first-order valence-electron chi connectivity index (χ1n) is 6.84. The molecule has 1 amide bonds. The Bertz CT molecular complexity index is 731. The lowest BCUT2D eigenvalue weighted by molar-refractivity contribution is 0.0964. The summed E-state index contributed by atoms with van der Waals surface area (Å²) in [6.45, 7) is 0.707. The Morgan fingerprint density at radius 3 is 2.61 bits per heavy atom. The topological polar surface area (TPSA) is 73.8 Å². The first kappa shape index (κ1) is 15.4. The Morgan fingerprint density at radius 2 is 1.96 bits per heavy atom. The summed E-state index contributed by atoms with van der Waals surface area (Å²) < 4.78 is 15.7. The fourth-order valence-electron chi connectivity index (χ4n) is 2.25. The Kier molecular flexibility index (Phi) is 4.20. The molecule has 0 saturated carbocycles. The molecule has 0 atom stereocenters. The lowest BCUT2D eigenvalue weighted by atomic mass is 10.2. The van der Waals surface area contributed by atoms with Gasteiger partial charge in [0.2, 0.25) is 17.6 Å². The molecule has 0 N–H and O–H groups in total. The number of hydrogen-bond acceptors (Lipinski definition) is 6. The molecule has 2 heterocycles. The number of para-hydroxylation sites is 1. The number of carbonyl (C=O) groups is 1. The normalized spacial score (nSPS) is 13.1. The minimum atomic E-state index is -0.381. The molecule has 1 aromatic carbocycles. The summed E-state index contributed by atoms with van der Waals surface area (Å²) >= 11 is 6.12. The molecule has 0 unspecified atom stereocenters. The molecule has 120 valence electrons. The third-order valence-electron chi connectivity index (χ3n) is 3.33. The summed E-state index contributed by atoms with van der Waals surface area (Å²) in [5, 5.41) is 0.448. The van der Waals surface area contributed by atoms with E-state index >= 15 is 0 Å². The molecule has 23 heavy (non-hydrogen) atoms. The molecule has 0 radical (unpaired) electrons. The maximum atomic E-state index is 12.8. The van der Waals surface area contributed by atoms with Gasteiger partial charge in [-0.1, -0.05) is 17.7 Å². The minimum absolute atomic E-state index is 0.0194. The molecule has 0 aliphatic carbocycles. The van der Waals surface area contributed by atoms with E-state index in [-0.39, 0.29) is 23.5 Å². The highest BCUT2D eigenvalue weighted by Crippen LogP contribution is 2.38. The van der Waals surface area contributed by atoms with Gasteiger partial charge in [0.1, 0.15) is 6.61 Å². The summed E-state index contributed by atoms with van der Waals surface area (Å²) in [4.78, 5) is 22.5. The molecule has 0 bridgehead atoms. The molecule has 1 aliphatic heterocycles. The minimum Gasteiger partial charge on any atom is -0.488 e. The molecule has 7 nitrogen and oxygen atoms in total. The number of carbonyl (C=O) groups excluding carboxylic acids is 1. The number of amides is 1. The third-order valence-corrected chi connectivity index (χ3v) is 3.63. The fraction of sp³-hybridized carbons (Fsp3) is 0.267. The van der Waals surface area contributed by atoms with Gasteiger partial charge in [-0.25, -0.2) is 0 Å². The van der Waals surface area contributed by atoms with Crippen LogP contribution in [0.3, 0.4) is 0 Å². The van der Waals surface area contributed by atoms with E-state index in [4.69, 9.17) is 25.8 Å². The smallest absolute Gasteiger partial charge is 0.296 e. The van der Waals surface area contributed by atoms with Crippen molar-refractivity contribution < 1.29 is 19.0 Å². The fourth-order valence-corrected chi connectivity index (χ4v) is 2.48. The Labute approximate surface area is 137 Å². The van der Waals surface area contributed by atoms with Crippen molar-refractivity contribution in [1.29, 1.82) is 0 Å². The number of nitrogens with zero attached hydrogens (tertiary/aromatic N) is 3. The number of anilines is 1. The molecule has 0 spiro atoms. The van der Waals surface area contributed by atoms with Crippen molar-refractivity contribution in [3.05, 3.63) is 35.1 Å². The van der Waals surface area contributed by atoms with Gasteiger partial charge in [-0.15, -0.1) is 0 Å². The molecule has 8 heteroatoms. The van der Waals surface area contributed by atoms with E-state index < -0.39 is 0 Å². The van der Waals surface area contributed by atoms with E-state index in [2.05, 4.69) is 9.97 Å². The summed E-state index contributed by atoms with van der Waals surface area (Å²) in [7, 11) is 2.92. The van der Waals surface area contributed by atoms with E-state index in [1.165, 1.54) is 25.2 Å². The van der Waals surface area contributed by atoms with Gasteiger partial charge < -0.3 is 14.2 Å². The van der Waals surface area contributed by atoms with Crippen molar-refractivity contribution in [1.82, 2.24) is 9.97 Å². The molecule has 3 rings (SSSR count). The number of ether oxygens (including phenoxy) is 3. The van der Waals surface area contributed by atoms with Crippen LogP contribution in [0.1, 0.15) is 10.6 Å². The molecular weight excluding hydrogens is 322 g/mol. The molecule has 2 aromatic rings. The number of aromatic nitrogens is 2. The number of hydrogen-bond donors (Lipinski definition) is 0. The van der Waals surface area contributed by atoms with Crippen LogP contribution in [0.2, 0.25) is 5.02 Å². The van der Waals surface area contributed by atoms with E-state index in [9.17, 15) is 4.79 Å². The van der Waals surface area contributed by atoms with Gasteiger partial charge in [0.05, 0.1) is 37.5 Å². The number of benzene rings is 1. The zero-order chi connectivity index (χ0) is 16.4. The van der Waals surface area contributed by atoms with Gasteiger partial charge in [0.25, 0.3) is 5.91 Å². The van der Waals surface area contributed by atoms with E-state index in [0.29, 0.717) is 29.6 Å². The van der Waals surface area contributed by atoms with Crippen molar-refractivity contribution in [3.8, 4) is 17.5 Å². The lowest BCUT2D eigenvalue weighted by Gasteiger charge is -2.29. The van der Waals surface area contributed by atoms with Gasteiger partial charge in [-0.2, -0.15) is 9.97 Å². The standard InChI is InChI=1S/C15H14ClN3O4/c1-21-11-8-12(22-2)18-14(17-11)15(20)19-6-7-23-13-9(16)4-3-5-10(13)19/h3-5,8H,6-7H2,1-2H3. The predicted molar refractivity (Wildman–Crippen MR) is 83.8 cm³/mol. The second-order valence-electron chi connectivity index (χ2n) is 4.67. The van der Waals surface area contributed by atoms with Gasteiger partial charge in [-0.3, -0.25) is 9.69 Å². The average Bonchev–Trinajstić information content (AvgIpc) is 2.60. The Hall–Kier alpha value is -2.54. The monoisotopic (exact) mass is 335 g/mol. The van der Waals surface area contributed by atoms with Gasteiger partial charge >= 0.3 is 0 Å². The number of rotatable bonds is 3. The van der Waals surface area contributed by atoms with Crippen LogP contribution in [0.5, 0.6) is 17.5 Å². The number of fused-ring (bicyclic) bond motifs is 1. The SMILES string of the molecule is COc1cc(OC)nc(C(=O)N2CCOc3c(Cl)cccc32)n1. The van der Waals surface area contributed by atoms with Crippen molar-refractivity contribution in [3.63, 3.8) is 0 Å². The van der Waals surface area contributed by atoms with Crippen LogP contribution in [-0.2, 0) is 0 Å². The highest BCUT2D eigenvalue weighted by atomic mass is 35.5. The van der Waals surface area contributed by atoms with Crippen LogP contribution in [0.25, 0.3) is 0 Å². The van der Waals surface area contributed by atoms with Crippen molar-refractivity contribution >= 4 is 23.2 Å². The molecular formula is C15H14ClN3O4. The Balaban J connectivity index is 2.01. The summed E-state index contributed by atoms with van der Waals surface area (Å²) in [6, 6.07) is 6.72. The van der Waals surface area contributed by atoms with Crippen molar-refractivity contribution in [2.75, 3.05) is 32.3 Å². The van der Waals surface area contributed by atoms with Crippen LogP contribution in [0, 0.1) is 0 Å². The summed E-state index contributed by atoms with van der Waals surface area (Å²) in [5.41, 5.74) is 0.583. The lowest BCUT2D eigenvalue weighted by Crippen LogP contribution is -2.39. The largest absolute Gasteiger partial charge is 0.488 e. The highest BCUT2D eigenvalue weighted by molar-refractivity contribution is 6.32. The van der Waals surface area contributed by atoms with Crippen LogP contribution in [0.15, 0.2) is 24.3 Å². The second kappa shape index (κ2) is 6.29. The number of methoxy groups -OCH3 is 2. The quantitative estimate of drug-likeness (QED) is 0.856. The summed E-state index contributed by atoms with van der Waals surface area (Å²) in [6.07, 6.45) is 0. The average molecular weight is 336 g/mol. The van der Waals surface area contributed by atoms with Crippen LogP contribution >= 0.6 is 11.6 Å². The van der Waals surface area contributed by atoms with E-state index in [0.717, 1.165) is 0 Å². The maximum absolute atomic E-state index is 12.8. The van der Waals surface area contributed by atoms with E-state index in [1.807, 2.05) is 0 Å². The molecule has 1 aliphatic rings. The summed E-state index contributed by atoms with van der Waals surface area (Å²) in [5.74, 6) is 0.575. The van der Waals surface area contributed by atoms with Crippen molar-refractivity contribution in [2.24, 2.45) is 0 Å². The zero-order valence-electron chi connectivity index (χ0n) is 12.6. The van der Waals surface area contributed by atoms with Crippen molar-refractivity contribution in [2.45, 2.75) is 0 Å². The van der Waals surface area contributed by atoms with Crippen LogP contribution in [0.4, 0.5) is 5.69 Å². The first-order chi connectivity index (χ1) is 11.1. The maximum Gasteiger partial charge on any atom is 0.296 e. The van der Waals surface area contributed by atoms with Gasteiger partial charge in [-0.05, 0) is 12.1 Å². The van der Waals surface area contributed by atoms with E-state index in [1.54, 1.807) is 18.2 Å².